The molecule has 0 saturated carbocycles. The Bertz CT molecular complexity index is 688. The summed E-state index contributed by atoms with van der Waals surface area (Å²) in [5.74, 6) is 0.685. The van der Waals surface area contributed by atoms with Gasteiger partial charge < -0.3 is 0 Å². The number of nitriles is 1. The predicted molar refractivity (Wildman–Crippen MR) is 64.2 cm³/mol. The minimum atomic E-state index is 0.346. The maximum Gasteiger partial charge on any atom is 0.233 e. The molecule has 0 aromatic carbocycles. The summed E-state index contributed by atoms with van der Waals surface area (Å²) in [6, 6.07) is 11.7. The lowest BCUT2D eigenvalue weighted by Crippen LogP contribution is -2.31. The van der Waals surface area contributed by atoms with Crippen LogP contribution in [0, 0.1) is 11.3 Å². The van der Waals surface area contributed by atoms with E-state index in [9.17, 15) is 0 Å². The van der Waals surface area contributed by atoms with Gasteiger partial charge in [-0.05, 0) is 12.1 Å². The van der Waals surface area contributed by atoms with Crippen LogP contribution in [0.25, 0.3) is 17.0 Å². The van der Waals surface area contributed by atoms with Crippen LogP contribution in [0.5, 0.6) is 0 Å². The highest BCUT2D eigenvalue weighted by molar-refractivity contribution is 5.56. The van der Waals surface area contributed by atoms with E-state index in [0.29, 0.717) is 12.4 Å². The lowest BCUT2D eigenvalue weighted by molar-refractivity contribution is -0.685. The number of rotatable bonds is 2. The maximum atomic E-state index is 8.60. The van der Waals surface area contributed by atoms with Crippen LogP contribution >= 0.6 is 0 Å². The second-order valence-corrected chi connectivity index (χ2v) is 3.86. The molecule has 18 heavy (non-hydrogen) atoms. The summed E-state index contributed by atoms with van der Waals surface area (Å²) in [5, 5.41) is 13.0. The molecule has 0 radical (unpaired) electrons. The van der Waals surface area contributed by atoms with Crippen LogP contribution in [0.1, 0.15) is 0 Å². The van der Waals surface area contributed by atoms with Crippen molar-refractivity contribution in [1.82, 2.24) is 14.6 Å². The third kappa shape index (κ3) is 1.80. The molecule has 0 fully saturated rings. The summed E-state index contributed by atoms with van der Waals surface area (Å²) in [4.78, 5) is 4.44. The van der Waals surface area contributed by atoms with Crippen LogP contribution in [0.2, 0.25) is 0 Å². The Morgan fingerprint density at radius 1 is 1.22 bits per heavy atom. The van der Waals surface area contributed by atoms with E-state index in [1.165, 1.54) is 0 Å². The Morgan fingerprint density at radius 3 is 2.78 bits per heavy atom. The average Bonchev–Trinajstić information content (AvgIpc) is 2.84. The van der Waals surface area contributed by atoms with Gasteiger partial charge in [-0.25, -0.2) is 9.50 Å². The summed E-state index contributed by atoms with van der Waals surface area (Å²) in [6.45, 7) is 0.346. The molecule has 0 aliphatic rings. The van der Waals surface area contributed by atoms with Gasteiger partial charge in [0.15, 0.2) is 23.9 Å². The van der Waals surface area contributed by atoms with Gasteiger partial charge in [0.05, 0.1) is 0 Å². The first-order chi connectivity index (χ1) is 8.86. The molecule has 3 aromatic rings. The van der Waals surface area contributed by atoms with Gasteiger partial charge in [-0.2, -0.15) is 9.83 Å². The number of hydrogen-bond donors (Lipinski definition) is 0. The molecule has 0 aliphatic heterocycles. The Balaban J connectivity index is 2.01. The molecule has 0 atom stereocenters. The van der Waals surface area contributed by atoms with E-state index < -0.39 is 0 Å². The molecular formula is C13H10N5+. The number of fused-ring (bicyclic) bond motifs is 1. The second-order valence-electron chi connectivity index (χ2n) is 3.86. The van der Waals surface area contributed by atoms with Crippen molar-refractivity contribution in [2.24, 2.45) is 0 Å². The quantitative estimate of drug-likeness (QED) is 0.628. The van der Waals surface area contributed by atoms with Crippen molar-refractivity contribution in [2.45, 2.75) is 6.54 Å². The molecule has 0 bridgehead atoms. The van der Waals surface area contributed by atoms with Crippen molar-refractivity contribution in [2.75, 3.05) is 0 Å². The Kier molecular flexibility index (Phi) is 2.47. The zero-order valence-electron chi connectivity index (χ0n) is 9.56. The topological polar surface area (TPSA) is 57.9 Å². The van der Waals surface area contributed by atoms with Crippen LogP contribution in [-0.2, 0) is 6.54 Å². The van der Waals surface area contributed by atoms with E-state index >= 15 is 0 Å². The van der Waals surface area contributed by atoms with Gasteiger partial charge in [0.2, 0.25) is 6.54 Å². The molecule has 0 saturated heterocycles. The fourth-order valence-electron chi connectivity index (χ4n) is 1.75. The highest BCUT2D eigenvalue weighted by Gasteiger charge is 2.07. The first kappa shape index (κ1) is 10.4. The largest absolute Gasteiger partial charge is 0.233 e. The zero-order chi connectivity index (χ0) is 12.4. The fourth-order valence-corrected chi connectivity index (χ4v) is 1.75. The molecule has 0 amide bonds. The summed E-state index contributed by atoms with van der Waals surface area (Å²) in [7, 11) is 0. The van der Waals surface area contributed by atoms with Crippen LogP contribution in [0.3, 0.4) is 0 Å². The molecule has 0 spiro atoms. The molecular weight excluding hydrogens is 226 g/mol. The smallest absolute Gasteiger partial charge is 0.221 e. The predicted octanol–water partition coefficient (Wildman–Crippen LogP) is 1.21. The van der Waals surface area contributed by atoms with Crippen molar-refractivity contribution in [3.8, 4) is 17.5 Å². The lowest BCUT2D eigenvalue weighted by Gasteiger charge is -1.92. The highest BCUT2D eigenvalue weighted by atomic mass is 15.3. The summed E-state index contributed by atoms with van der Waals surface area (Å²) < 4.78 is 3.55. The molecule has 86 valence electrons. The van der Waals surface area contributed by atoms with Crippen LogP contribution in [-0.4, -0.2) is 14.6 Å². The van der Waals surface area contributed by atoms with Gasteiger partial charge >= 0.3 is 0 Å². The van der Waals surface area contributed by atoms with E-state index in [1.807, 2.05) is 48.9 Å². The van der Waals surface area contributed by atoms with Gasteiger partial charge in [0.25, 0.3) is 0 Å². The van der Waals surface area contributed by atoms with E-state index in [-0.39, 0.29) is 0 Å². The second kappa shape index (κ2) is 4.26. The normalized spacial score (nSPS) is 10.4. The van der Waals surface area contributed by atoms with Crippen molar-refractivity contribution < 1.29 is 4.57 Å². The lowest BCUT2D eigenvalue weighted by atomic mass is 10.2. The van der Waals surface area contributed by atoms with Crippen LogP contribution < -0.4 is 4.57 Å². The van der Waals surface area contributed by atoms with Crippen LogP contribution in [0.4, 0.5) is 0 Å². The Morgan fingerprint density at radius 2 is 2.06 bits per heavy atom. The number of hydrogen-bond acceptors (Lipinski definition) is 3. The van der Waals surface area contributed by atoms with E-state index in [1.54, 1.807) is 9.08 Å². The minimum absolute atomic E-state index is 0.346. The Hall–Kier alpha value is -2.74. The number of nitrogens with zero attached hydrogens (tertiary/aromatic N) is 5. The van der Waals surface area contributed by atoms with Crippen molar-refractivity contribution >= 4 is 5.65 Å². The Labute approximate surface area is 104 Å². The average molecular weight is 236 g/mol. The number of pyridine rings is 2. The van der Waals surface area contributed by atoms with Gasteiger partial charge in [0, 0.05) is 23.9 Å². The third-order valence-corrected chi connectivity index (χ3v) is 2.64. The first-order valence-electron chi connectivity index (χ1n) is 5.55. The van der Waals surface area contributed by atoms with Crippen molar-refractivity contribution in [3.63, 3.8) is 0 Å². The first-order valence-corrected chi connectivity index (χ1v) is 5.55. The summed E-state index contributed by atoms with van der Waals surface area (Å²) in [6.07, 6.45) is 5.57. The minimum Gasteiger partial charge on any atom is -0.221 e. The third-order valence-electron chi connectivity index (χ3n) is 2.64. The molecule has 5 nitrogen and oxygen atoms in total. The molecule has 3 heterocycles. The SMILES string of the molecule is N#CC[n+]1ccc(-c2nc3ccccn3n2)cc1. The molecule has 0 aliphatic carbocycles. The van der Waals surface area contributed by atoms with Crippen molar-refractivity contribution in [3.05, 3.63) is 48.9 Å². The van der Waals surface area contributed by atoms with Gasteiger partial charge in [-0.15, -0.1) is 5.10 Å². The number of aromatic nitrogens is 4. The fraction of sp³-hybridized carbons (Fsp3) is 0.0769. The molecule has 0 N–H and O–H groups in total. The molecule has 5 heteroatoms. The van der Waals surface area contributed by atoms with E-state index in [2.05, 4.69) is 16.2 Å². The van der Waals surface area contributed by atoms with Gasteiger partial charge in [-0.3, -0.25) is 0 Å². The van der Waals surface area contributed by atoms with E-state index in [4.69, 9.17) is 5.26 Å². The molecule has 3 aromatic heterocycles. The standard InChI is InChI=1S/C13H10N5/c14-6-10-17-8-4-11(5-9-17)13-15-12-3-1-2-7-18(12)16-13/h1-5,7-9H,10H2/q+1. The van der Waals surface area contributed by atoms with Gasteiger partial charge in [0.1, 0.15) is 6.07 Å². The van der Waals surface area contributed by atoms with Crippen LogP contribution in [0.15, 0.2) is 48.9 Å². The zero-order valence-corrected chi connectivity index (χ0v) is 9.56. The molecule has 3 rings (SSSR count). The monoisotopic (exact) mass is 236 g/mol. The molecule has 0 unspecified atom stereocenters. The van der Waals surface area contributed by atoms with Gasteiger partial charge in [-0.1, -0.05) is 6.07 Å². The van der Waals surface area contributed by atoms with Crippen molar-refractivity contribution in [1.29, 1.82) is 5.26 Å². The summed E-state index contributed by atoms with van der Waals surface area (Å²) >= 11 is 0. The van der Waals surface area contributed by atoms with E-state index in [0.717, 1.165) is 11.2 Å². The highest BCUT2D eigenvalue weighted by Crippen LogP contribution is 2.13. The maximum absolute atomic E-state index is 8.60. The summed E-state index contributed by atoms with van der Waals surface area (Å²) in [5.41, 5.74) is 1.76.